The number of hydrogen-bond donors (Lipinski definition) is 3. The zero-order valence-electron chi connectivity index (χ0n) is 11.2. The molecule has 0 aliphatic heterocycles. The van der Waals surface area contributed by atoms with Crippen molar-refractivity contribution in [3.05, 3.63) is 46.5 Å². The molecule has 0 aliphatic rings. The molecule has 7 heteroatoms. The fourth-order valence-corrected chi connectivity index (χ4v) is 2.10. The molecule has 1 unspecified atom stereocenters. The van der Waals surface area contributed by atoms with Crippen molar-refractivity contribution < 1.29 is 14.7 Å². The maximum atomic E-state index is 11.5. The van der Waals surface area contributed by atoms with Crippen LogP contribution in [0.25, 0.3) is 0 Å². The van der Waals surface area contributed by atoms with Crippen molar-refractivity contribution in [2.75, 3.05) is 13.1 Å². The van der Waals surface area contributed by atoms with Crippen molar-refractivity contribution in [1.29, 1.82) is 0 Å². The number of aliphatic hydroxyl groups excluding tert-OH is 1. The summed E-state index contributed by atoms with van der Waals surface area (Å²) in [6.45, 7) is 3.54. The summed E-state index contributed by atoms with van der Waals surface area (Å²) in [5.41, 5.74) is 0.521. The molecule has 2 amide bonds. The standard InChI is InChI=1S/C14H16Cl2N2O3/c1-2-13(20)17-4-3-14(21)18-8-12(19)9-5-10(15)7-11(16)6-9/h2,5-7,12,19H,1,3-4,8H2,(H,17,20)(H,18,21). The van der Waals surface area contributed by atoms with Gasteiger partial charge in [0, 0.05) is 29.6 Å². The number of aliphatic hydroxyl groups is 1. The molecule has 0 bridgehead atoms. The van der Waals surface area contributed by atoms with Crippen molar-refractivity contribution in [1.82, 2.24) is 10.6 Å². The van der Waals surface area contributed by atoms with Gasteiger partial charge in [-0.15, -0.1) is 0 Å². The first-order chi connectivity index (χ1) is 9.92. The average molecular weight is 331 g/mol. The Kier molecular flexibility index (Phi) is 7.22. The van der Waals surface area contributed by atoms with Crippen LogP contribution in [0.4, 0.5) is 0 Å². The number of benzene rings is 1. The molecule has 5 nitrogen and oxygen atoms in total. The van der Waals surface area contributed by atoms with Gasteiger partial charge in [0.15, 0.2) is 0 Å². The van der Waals surface area contributed by atoms with E-state index in [-0.39, 0.29) is 31.3 Å². The van der Waals surface area contributed by atoms with E-state index in [4.69, 9.17) is 23.2 Å². The van der Waals surface area contributed by atoms with Gasteiger partial charge in [-0.3, -0.25) is 9.59 Å². The van der Waals surface area contributed by atoms with Crippen LogP contribution in [-0.2, 0) is 9.59 Å². The molecule has 114 valence electrons. The van der Waals surface area contributed by atoms with Gasteiger partial charge in [-0.2, -0.15) is 0 Å². The van der Waals surface area contributed by atoms with Gasteiger partial charge in [-0.05, 0) is 29.8 Å². The number of carbonyl (C=O) groups is 2. The average Bonchev–Trinajstić information content (AvgIpc) is 2.43. The van der Waals surface area contributed by atoms with Crippen LogP contribution in [0.15, 0.2) is 30.9 Å². The van der Waals surface area contributed by atoms with Crippen molar-refractivity contribution in [3.63, 3.8) is 0 Å². The van der Waals surface area contributed by atoms with Gasteiger partial charge in [0.1, 0.15) is 0 Å². The van der Waals surface area contributed by atoms with E-state index in [0.717, 1.165) is 6.08 Å². The third-order valence-corrected chi connectivity index (χ3v) is 3.04. The van der Waals surface area contributed by atoms with Gasteiger partial charge >= 0.3 is 0 Å². The van der Waals surface area contributed by atoms with E-state index in [1.54, 1.807) is 18.2 Å². The summed E-state index contributed by atoms with van der Waals surface area (Å²) in [4.78, 5) is 22.4. The highest BCUT2D eigenvalue weighted by atomic mass is 35.5. The van der Waals surface area contributed by atoms with Crippen LogP contribution in [0.5, 0.6) is 0 Å². The zero-order chi connectivity index (χ0) is 15.8. The minimum absolute atomic E-state index is 0.0326. The van der Waals surface area contributed by atoms with Crippen LogP contribution < -0.4 is 10.6 Å². The molecule has 1 atom stereocenters. The summed E-state index contributed by atoms with van der Waals surface area (Å²) >= 11 is 11.7. The highest BCUT2D eigenvalue weighted by Crippen LogP contribution is 2.23. The van der Waals surface area contributed by atoms with Gasteiger partial charge in [0.05, 0.1) is 6.10 Å². The Bertz CT molecular complexity index is 515. The van der Waals surface area contributed by atoms with Crippen LogP contribution in [-0.4, -0.2) is 30.0 Å². The monoisotopic (exact) mass is 330 g/mol. The molecule has 0 aromatic heterocycles. The third kappa shape index (κ3) is 6.62. The Morgan fingerprint density at radius 2 is 1.86 bits per heavy atom. The summed E-state index contributed by atoms with van der Waals surface area (Å²) < 4.78 is 0. The van der Waals surface area contributed by atoms with Crippen LogP contribution in [0.1, 0.15) is 18.1 Å². The summed E-state index contributed by atoms with van der Waals surface area (Å²) in [6.07, 6.45) is 0.334. The van der Waals surface area contributed by atoms with Crippen molar-refractivity contribution >= 4 is 35.0 Å². The second-order valence-electron chi connectivity index (χ2n) is 4.27. The van der Waals surface area contributed by atoms with Crippen LogP contribution in [0, 0.1) is 0 Å². The molecule has 0 spiro atoms. The molecule has 1 rings (SSSR count). The second kappa shape index (κ2) is 8.67. The number of amides is 2. The Labute approximate surface area is 132 Å². The van der Waals surface area contributed by atoms with E-state index in [1.807, 2.05) is 0 Å². The maximum absolute atomic E-state index is 11.5. The van der Waals surface area contributed by atoms with Gasteiger partial charge in [0.25, 0.3) is 0 Å². The number of rotatable bonds is 7. The predicted octanol–water partition coefficient (Wildman–Crippen LogP) is 1.84. The Hall–Kier alpha value is -1.56. The van der Waals surface area contributed by atoms with Gasteiger partial charge in [-0.1, -0.05) is 29.8 Å². The van der Waals surface area contributed by atoms with E-state index < -0.39 is 6.10 Å². The number of halogens is 2. The molecule has 0 radical (unpaired) electrons. The molecule has 0 saturated heterocycles. The molecular formula is C14H16Cl2N2O3. The van der Waals surface area contributed by atoms with Gasteiger partial charge < -0.3 is 15.7 Å². The molecule has 21 heavy (non-hydrogen) atoms. The van der Waals surface area contributed by atoms with E-state index in [0.29, 0.717) is 15.6 Å². The summed E-state index contributed by atoms with van der Waals surface area (Å²) in [7, 11) is 0. The molecule has 3 N–H and O–H groups in total. The lowest BCUT2D eigenvalue weighted by molar-refractivity contribution is -0.121. The van der Waals surface area contributed by atoms with Crippen LogP contribution >= 0.6 is 23.2 Å². The fourth-order valence-electron chi connectivity index (χ4n) is 1.56. The lowest BCUT2D eigenvalue weighted by Crippen LogP contribution is -2.32. The van der Waals surface area contributed by atoms with E-state index in [2.05, 4.69) is 17.2 Å². The summed E-state index contributed by atoms with van der Waals surface area (Å²) in [6, 6.07) is 4.71. The van der Waals surface area contributed by atoms with Gasteiger partial charge in [-0.25, -0.2) is 0 Å². The maximum Gasteiger partial charge on any atom is 0.243 e. The predicted molar refractivity (Wildman–Crippen MR) is 82.3 cm³/mol. The minimum Gasteiger partial charge on any atom is -0.387 e. The largest absolute Gasteiger partial charge is 0.387 e. The summed E-state index contributed by atoms with van der Waals surface area (Å²) in [5.74, 6) is -0.622. The molecule has 0 heterocycles. The van der Waals surface area contributed by atoms with E-state index >= 15 is 0 Å². The normalized spacial score (nSPS) is 11.6. The third-order valence-electron chi connectivity index (χ3n) is 2.60. The number of carbonyl (C=O) groups excluding carboxylic acids is 2. The zero-order valence-corrected chi connectivity index (χ0v) is 12.7. The number of nitrogens with one attached hydrogen (secondary N) is 2. The lowest BCUT2D eigenvalue weighted by Gasteiger charge is -2.13. The van der Waals surface area contributed by atoms with Crippen molar-refractivity contribution in [2.45, 2.75) is 12.5 Å². The first-order valence-corrected chi connectivity index (χ1v) is 6.99. The van der Waals surface area contributed by atoms with Crippen LogP contribution in [0.3, 0.4) is 0 Å². The smallest absolute Gasteiger partial charge is 0.243 e. The first-order valence-electron chi connectivity index (χ1n) is 6.23. The Morgan fingerprint density at radius 1 is 1.24 bits per heavy atom. The molecule has 0 aliphatic carbocycles. The molecular weight excluding hydrogens is 315 g/mol. The topological polar surface area (TPSA) is 78.4 Å². The molecule has 0 fully saturated rings. The van der Waals surface area contributed by atoms with Crippen molar-refractivity contribution in [2.24, 2.45) is 0 Å². The summed E-state index contributed by atoms with van der Waals surface area (Å²) in [5, 5.41) is 15.8. The van der Waals surface area contributed by atoms with Crippen LogP contribution in [0.2, 0.25) is 10.0 Å². The van der Waals surface area contributed by atoms with E-state index in [1.165, 1.54) is 0 Å². The molecule has 0 saturated carbocycles. The Balaban J connectivity index is 2.38. The fraction of sp³-hybridized carbons (Fsp3) is 0.286. The van der Waals surface area contributed by atoms with E-state index in [9.17, 15) is 14.7 Å². The molecule has 1 aromatic rings. The highest BCUT2D eigenvalue weighted by molar-refractivity contribution is 6.34. The minimum atomic E-state index is -0.909. The second-order valence-corrected chi connectivity index (χ2v) is 5.14. The first kappa shape index (κ1) is 17.5. The lowest BCUT2D eigenvalue weighted by atomic mass is 10.1. The quantitative estimate of drug-likeness (QED) is 0.667. The highest BCUT2D eigenvalue weighted by Gasteiger charge is 2.11. The van der Waals surface area contributed by atoms with Gasteiger partial charge in [0.2, 0.25) is 11.8 Å². The molecule has 1 aromatic carbocycles. The number of hydrogen-bond acceptors (Lipinski definition) is 3. The SMILES string of the molecule is C=CC(=O)NCCC(=O)NCC(O)c1cc(Cl)cc(Cl)c1. The Morgan fingerprint density at radius 3 is 2.43 bits per heavy atom. The van der Waals surface area contributed by atoms with Crippen molar-refractivity contribution in [3.8, 4) is 0 Å².